The third-order valence-electron chi connectivity index (χ3n) is 3.28. The Hall–Kier alpha value is -1.66. The number of thiophene rings is 1. The van der Waals surface area contributed by atoms with Gasteiger partial charge in [0.1, 0.15) is 10.6 Å². The van der Waals surface area contributed by atoms with Crippen molar-refractivity contribution in [2.24, 2.45) is 0 Å². The highest BCUT2D eigenvalue weighted by Gasteiger charge is 2.16. The Kier molecular flexibility index (Phi) is 4.31. The lowest BCUT2D eigenvalue weighted by Gasteiger charge is -2.06. The largest absolute Gasteiger partial charge is 0.365 e. The molecule has 3 aromatic heterocycles. The molecule has 22 heavy (non-hydrogen) atoms. The van der Waals surface area contributed by atoms with Gasteiger partial charge in [-0.25, -0.2) is 15.0 Å². The number of nitrogens with one attached hydrogen (secondary N) is 1. The van der Waals surface area contributed by atoms with E-state index in [1.165, 1.54) is 5.56 Å². The van der Waals surface area contributed by atoms with Crippen molar-refractivity contribution >= 4 is 49.3 Å². The van der Waals surface area contributed by atoms with E-state index in [0.717, 1.165) is 42.9 Å². The van der Waals surface area contributed by atoms with Gasteiger partial charge in [-0.05, 0) is 31.2 Å². The molecule has 0 saturated carbocycles. The van der Waals surface area contributed by atoms with Gasteiger partial charge in [0, 0.05) is 17.6 Å². The van der Waals surface area contributed by atoms with Gasteiger partial charge in [0.05, 0.1) is 10.2 Å². The summed E-state index contributed by atoms with van der Waals surface area (Å²) in [6.07, 6.45) is 1.83. The van der Waals surface area contributed by atoms with E-state index in [-0.39, 0.29) is 0 Å². The van der Waals surface area contributed by atoms with Crippen LogP contribution in [0.2, 0.25) is 0 Å². The van der Waals surface area contributed by atoms with E-state index in [2.05, 4.69) is 41.8 Å². The highest BCUT2D eigenvalue weighted by Crippen LogP contribution is 2.38. The Balaban J connectivity index is 2.32. The normalized spacial score (nSPS) is 11.2. The average molecular weight is 330 g/mol. The molecule has 0 atom stereocenters. The molecule has 0 aromatic carbocycles. The highest BCUT2D eigenvalue weighted by atomic mass is 32.2. The van der Waals surface area contributed by atoms with E-state index in [1.807, 2.05) is 13.0 Å². The minimum atomic E-state index is 0.683. The van der Waals surface area contributed by atoms with Crippen LogP contribution >= 0.6 is 23.1 Å². The van der Waals surface area contributed by atoms with Crippen molar-refractivity contribution in [3.8, 4) is 0 Å². The second kappa shape index (κ2) is 6.22. The maximum absolute atomic E-state index is 4.77. The predicted octanol–water partition coefficient (Wildman–Crippen LogP) is 4.57. The smallest absolute Gasteiger partial charge is 0.190 e. The van der Waals surface area contributed by atoms with E-state index in [0.29, 0.717) is 6.54 Å². The van der Waals surface area contributed by atoms with Crippen molar-refractivity contribution < 1.29 is 0 Å². The molecule has 0 bridgehead atoms. The molecule has 0 unspecified atom stereocenters. The second-order valence-corrected chi connectivity index (χ2v) is 7.23. The van der Waals surface area contributed by atoms with Gasteiger partial charge in [0.15, 0.2) is 5.16 Å². The molecule has 3 aromatic rings. The standard InChI is InChI=1S/C16H18N4S2/c1-5-7-17-14-13-12(19-16(20-14)21-6-2)11-9(3)8-10(4)18-15(11)22-13/h5,8H,1,6-7H2,2-4H3,(H,17,19,20). The van der Waals surface area contributed by atoms with Gasteiger partial charge < -0.3 is 5.32 Å². The third-order valence-corrected chi connectivity index (χ3v) is 5.09. The van der Waals surface area contributed by atoms with Crippen LogP contribution in [-0.4, -0.2) is 27.2 Å². The highest BCUT2D eigenvalue weighted by molar-refractivity contribution is 7.99. The summed E-state index contributed by atoms with van der Waals surface area (Å²) < 4.78 is 1.07. The fraction of sp³-hybridized carbons (Fsp3) is 0.312. The van der Waals surface area contributed by atoms with Crippen molar-refractivity contribution in [3.05, 3.63) is 30.0 Å². The average Bonchev–Trinajstić information content (AvgIpc) is 2.83. The van der Waals surface area contributed by atoms with E-state index in [1.54, 1.807) is 23.1 Å². The Labute approximate surface area is 138 Å². The molecule has 0 fully saturated rings. The number of thioether (sulfide) groups is 1. The zero-order chi connectivity index (χ0) is 15.7. The molecule has 0 aliphatic rings. The number of hydrogen-bond donors (Lipinski definition) is 1. The van der Waals surface area contributed by atoms with Gasteiger partial charge in [0.25, 0.3) is 0 Å². The summed E-state index contributed by atoms with van der Waals surface area (Å²) in [5, 5.41) is 5.28. The van der Waals surface area contributed by atoms with Crippen LogP contribution in [0.3, 0.4) is 0 Å². The Bertz CT molecular complexity index is 854. The Morgan fingerprint density at radius 1 is 1.32 bits per heavy atom. The van der Waals surface area contributed by atoms with E-state index < -0.39 is 0 Å². The first-order valence-electron chi connectivity index (χ1n) is 7.20. The van der Waals surface area contributed by atoms with Gasteiger partial charge in [-0.1, -0.05) is 24.8 Å². The molecular formula is C16H18N4S2. The molecule has 0 aliphatic heterocycles. The van der Waals surface area contributed by atoms with Gasteiger partial charge in [-0.2, -0.15) is 0 Å². The molecule has 0 aliphatic carbocycles. The molecule has 0 amide bonds. The molecule has 3 rings (SSSR count). The number of aryl methyl sites for hydroxylation is 2. The zero-order valence-corrected chi connectivity index (χ0v) is 14.6. The minimum absolute atomic E-state index is 0.683. The monoisotopic (exact) mass is 330 g/mol. The first kappa shape index (κ1) is 15.2. The maximum atomic E-state index is 4.77. The maximum Gasteiger partial charge on any atom is 0.190 e. The van der Waals surface area contributed by atoms with E-state index in [4.69, 9.17) is 4.98 Å². The van der Waals surface area contributed by atoms with Crippen molar-refractivity contribution in [3.63, 3.8) is 0 Å². The van der Waals surface area contributed by atoms with E-state index in [9.17, 15) is 0 Å². The van der Waals surface area contributed by atoms with Crippen LogP contribution in [0.4, 0.5) is 5.82 Å². The molecule has 0 saturated heterocycles. The zero-order valence-electron chi connectivity index (χ0n) is 12.9. The van der Waals surface area contributed by atoms with Gasteiger partial charge in [-0.3, -0.25) is 0 Å². The molecule has 0 spiro atoms. The summed E-state index contributed by atoms with van der Waals surface area (Å²) >= 11 is 3.31. The van der Waals surface area contributed by atoms with Crippen LogP contribution in [0.5, 0.6) is 0 Å². The topological polar surface area (TPSA) is 50.7 Å². The van der Waals surface area contributed by atoms with Crippen LogP contribution in [0, 0.1) is 13.8 Å². The molecule has 4 nitrogen and oxygen atoms in total. The van der Waals surface area contributed by atoms with E-state index >= 15 is 0 Å². The molecule has 0 radical (unpaired) electrons. The third kappa shape index (κ3) is 2.68. The lowest BCUT2D eigenvalue weighted by molar-refractivity contribution is 1.00. The van der Waals surface area contributed by atoms with Crippen LogP contribution in [0.1, 0.15) is 18.2 Å². The number of nitrogens with zero attached hydrogens (tertiary/aromatic N) is 3. The van der Waals surface area contributed by atoms with Crippen molar-refractivity contribution in [1.82, 2.24) is 15.0 Å². The molecule has 114 valence electrons. The number of aromatic nitrogens is 3. The van der Waals surface area contributed by atoms with Gasteiger partial charge in [-0.15, -0.1) is 17.9 Å². The first-order chi connectivity index (χ1) is 10.6. The molecule has 6 heteroatoms. The molecular weight excluding hydrogens is 312 g/mol. The second-order valence-electron chi connectivity index (χ2n) is 5.00. The fourth-order valence-electron chi connectivity index (χ4n) is 2.44. The van der Waals surface area contributed by atoms with Crippen molar-refractivity contribution in [2.45, 2.75) is 25.9 Å². The number of hydrogen-bond acceptors (Lipinski definition) is 6. The first-order valence-corrected chi connectivity index (χ1v) is 9.00. The summed E-state index contributed by atoms with van der Waals surface area (Å²) in [6, 6.07) is 2.11. The number of fused-ring (bicyclic) bond motifs is 3. The quantitative estimate of drug-likeness (QED) is 0.422. The van der Waals surface area contributed by atoms with Crippen LogP contribution in [0.25, 0.3) is 20.4 Å². The summed E-state index contributed by atoms with van der Waals surface area (Å²) in [7, 11) is 0. The van der Waals surface area contributed by atoms with Gasteiger partial charge >= 0.3 is 0 Å². The summed E-state index contributed by atoms with van der Waals surface area (Å²) in [6.45, 7) is 10.7. The lowest BCUT2D eigenvalue weighted by atomic mass is 10.1. The van der Waals surface area contributed by atoms with Crippen molar-refractivity contribution in [1.29, 1.82) is 0 Å². The summed E-state index contributed by atoms with van der Waals surface area (Å²) in [5.74, 6) is 1.83. The SMILES string of the molecule is C=CCNc1nc(SCC)nc2c1sc1nc(C)cc(C)c12. The number of pyridine rings is 1. The Morgan fingerprint density at radius 3 is 2.86 bits per heavy atom. The fourth-order valence-corrected chi connectivity index (χ4v) is 4.21. The van der Waals surface area contributed by atoms with Crippen LogP contribution < -0.4 is 5.32 Å². The summed E-state index contributed by atoms with van der Waals surface area (Å²) in [5.41, 5.74) is 3.25. The van der Waals surface area contributed by atoms with Gasteiger partial charge in [0.2, 0.25) is 0 Å². The lowest BCUT2D eigenvalue weighted by Crippen LogP contribution is -2.02. The predicted molar refractivity (Wildman–Crippen MR) is 97.3 cm³/mol. The minimum Gasteiger partial charge on any atom is -0.365 e. The number of anilines is 1. The van der Waals surface area contributed by atoms with Crippen LogP contribution in [0.15, 0.2) is 23.9 Å². The summed E-state index contributed by atoms with van der Waals surface area (Å²) in [4.78, 5) is 15.1. The van der Waals surface area contributed by atoms with Crippen molar-refractivity contribution in [2.75, 3.05) is 17.6 Å². The van der Waals surface area contributed by atoms with Crippen LogP contribution in [-0.2, 0) is 0 Å². The Morgan fingerprint density at radius 2 is 2.14 bits per heavy atom. The molecule has 3 heterocycles. The molecule has 1 N–H and O–H groups in total. The number of rotatable bonds is 5.